The minimum Gasteiger partial charge on any atom is -0.389 e. The van der Waals surface area contributed by atoms with Crippen molar-refractivity contribution in [3.05, 3.63) is 40.7 Å². The van der Waals surface area contributed by atoms with Crippen LogP contribution in [-0.2, 0) is 4.74 Å². The number of aliphatic hydroxyl groups is 1. The number of H-pyrrole nitrogens is 1. The zero-order valence-electron chi connectivity index (χ0n) is 11.1. The SMILES string of the molecule is COCC(O)CN(C)c1cc2ccccc2c(=O)[nH]1. The summed E-state index contributed by atoms with van der Waals surface area (Å²) in [7, 11) is 3.36. The Labute approximate surface area is 111 Å². The van der Waals surface area contributed by atoms with Gasteiger partial charge in [-0.3, -0.25) is 4.79 Å². The summed E-state index contributed by atoms with van der Waals surface area (Å²) in [4.78, 5) is 16.6. The van der Waals surface area contributed by atoms with E-state index >= 15 is 0 Å². The lowest BCUT2D eigenvalue weighted by atomic mass is 10.1. The summed E-state index contributed by atoms with van der Waals surface area (Å²) in [6.45, 7) is 0.657. The highest BCUT2D eigenvalue weighted by atomic mass is 16.5. The number of likely N-dealkylation sites (N-methyl/N-ethyl adjacent to an activating group) is 1. The molecule has 102 valence electrons. The van der Waals surface area contributed by atoms with Crippen LogP contribution in [0.4, 0.5) is 5.82 Å². The Morgan fingerprint density at radius 1 is 1.42 bits per heavy atom. The maximum absolute atomic E-state index is 11.9. The number of anilines is 1. The molecule has 0 aliphatic carbocycles. The van der Waals surface area contributed by atoms with Gasteiger partial charge in [-0.15, -0.1) is 0 Å². The smallest absolute Gasteiger partial charge is 0.257 e. The van der Waals surface area contributed by atoms with Crippen molar-refractivity contribution >= 4 is 16.6 Å². The Morgan fingerprint density at radius 2 is 2.16 bits per heavy atom. The molecular formula is C14H18N2O3. The maximum atomic E-state index is 11.9. The number of pyridine rings is 1. The fourth-order valence-electron chi connectivity index (χ4n) is 2.06. The summed E-state index contributed by atoms with van der Waals surface area (Å²) in [6, 6.07) is 9.32. The summed E-state index contributed by atoms with van der Waals surface area (Å²) in [5.41, 5.74) is -0.124. The minimum absolute atomic E-state index is 0.124. The predicted octanol–water partition coefficient (Wildman–Crippen LogP) is 0.972. The fourth-order valence-corrected chi connectivity index (χ4v) is 2.06. The quantitative estimate of drug-likeness (QED) is 0.842. The van der Waals surface area contributed by atoms with Gasteiger partial charge in [-0.1, -0.05) is 18.2 Å². The number of hydrogen-bond donors (Lipinski definition) is 2. The average molecular weight is 262 g/mol. The van der Waals surface area contributed by atoms with Gasteiger partial charge in [-0.05, 0) is 17.5 Å². The van der Waals surface area contributed by atoms with Crippen LogP contribution in [0.2, 0.25) is 0 Å². The molecule has 0 radical (unpaired) electrons. The lowest BCUT2D eigenvalue weighted by Gasteiger charge is -2.22. The van der Waals surface area contributed by atoms with Crippen molar-refractivity contribution in [3.8, 4) is 0 Å². The van der Waals surface area contributed by atoms with Gasteiger partial charge < -0.3 is 19.7 Å². The normalized spacial score (nSPS) is 12.6. The van der Waals surface area contributed by atoms with Crippen molar-refractivity contribution in [2.75, 3.05) is 32.2 Å². The first kappa shape index (κ1) is 13.6. The highest BCUT2D eigenvalue weighted by Gasteiger charge is 2.10. The summed E-state index contributed by atoms with van der Waals surface area (Å²) < 4.78 is 4.89. The molecule has 1 aromatic heterocycles. The molecule has 0 saturated carbocycles. The van der Waals surface area contributed by atoms with Crippen LogP contribution in [0.5, 0.6) is 0 Å². The Bertz CT molecular complexity index is 609. The molecule has 0 amide bonds. The number of nitrogens with one attached hydrogen (secondary N) is 1. The van der Waals surface area contributed by atoms with Crippen LogP contribution in [-0.4, -0.2) is 43.5 Å². The van der Waals surface area contributed by atoms with E-state index in [1.54, 1.807) is 18.1 Å². The first-order valence-electron chi connectivity index (χ1n) is 6.12. The number of hydrogen-bond acceptors (Lipinski definition) is 4. The van der Waals surface area contributed by atoms with Crippen molar-refractivity contribution in [1.82, 2.24) is 4.98 Å². The van der Waals surface area contributed by atoms with E-state index in [9.17, 15) is 9.90 Å². The molecule has 1 heterocycles. The number of rotatable bonds is 5. The molecule has 0 aliphatic rings. The Morgan fingerprint density at radius 3 is 2.89 bits per heavy atom. The minimum atomic E-state index is -0.593. The van der Waals surface area contributed by atoms with Gasteiger partial charge in [0.15, 0.2) is 0 Å². The molecule has 0 fully saturated rings. The summed E-state index contributed by atoms with van der Waals surface area (Å²) in [6.07, 6.45) is -0.593. The molecule has 2 N–H and O–H groups in total. The van der Waals surface area contributed by atoms with Crippen molar-refractivity contribution < 1.29 is 9.84 Å². The first-order valence-corrected chi connectivity index (χ1v) is 6.12. The lowest BCUT2D eigenvalue weighted by Crippen LogP contribution is -2.33. The monoisotopic (exact) mass is 262 g/mol. The highest BCUT2D eigenvalue weighted by molar-refractivity contribution is 5.83. The second-order valence-electron chi connectivity index (χ2n) is 4.56. The van der Waals surface area contributed by atoms with Crippen molar-refractivity contribution in [1.29, 1.82) is 0 Å². The molecule has 0 saturated heterocycles. The van der Waals surface area contributed by atoms with E-state index in [4.69, 9.17) is 4.74 Å². The largest absolute Gasteiger partial charge is 0.389 e. The number of aromatic amines is 1. The van der Waals surface area contributed by atoms with E-state index in [-0.39, 0.29) is 12.2 Å². The summed E-state index contributed by atoms with van der Waals surface area (Å²) >= 11 is 0. The van der Waals surface area contributed by atoms with Crippen molar-refractivity contribution in [2.45, 2.75) is 6.10 Å². The second kappa shape index (κ2) is 5.86. The van der Waals surface area contributed by atoms with Crippen LogP contribution < -0.4 is 10.5 Å². The van der Waals surface area contributed by atoms with Crippen molar-refractivity contribution in [2.24, 2.45) is 0 Å². The number of nitrogens with zero attached hydrogens (tertiary/aromatic N) is 1. The average Bonchev–Trinajstić information content (AvgIpc) is 2.39. The molecule has 19 heavy (non-hydrogen) atoms. The van der Waals surface area contributed by atoms with Crippen LogP contribution in [0.25, 0.3) is 10.8 Å². The van der Waals surface area contributed by atoms with Crippen molar-refractivity contribution in [3.63, 3.8) is 0 Å². The number of methoxy groups -OCH3 is 1. The van der Waals surface area contributed by atoms with Gasteiger partial charge in [-0.25, -0.2) is 0 Å². The number of benzene rings is 1. The molecule has 0 bridgehead atoms. The summed E-state index contributed by atoms with van der Waals surface area (Å²) in [5.74, 6) is 0.679. The van der Waals surface area contributed by atoms with Crippen LogP contribution in [0, 0.1) is 0 Å². The maximum Gasteiger partial charge on any atom is 0.257 e. The second-order valence-corrected chi connectivity index (χ2v) is 4.56. The molecule has 2 aromatic rings. The van der Waals surface area contributed by atoms with Gasteiger partial charge in [0.05, 0.1) is 12.7 Å². The standard InChI is InChI=1S/C14H18N2O3/c1-16(8-11(17)9-19-2)13-7-10-5-3-4-6-12(10)14(18)15-13/h3-7,11,17H,8-9H2,1-2H3,(H,15,18). The zero-order valence-corrected chi connectivity index (χ0v) is 11.1. The molecule has 2 rings (SSSR count). The lowest BCUT2D eigenvalue weighted by molar-refractivity contribution is 0.0694. The molecule has 5 nitrogen and oxygen atoms in total. The van der Waals surface area contributed by atoms with E-state index in [1.165, 1.54) is 0 Å². The van der Waals surface area contributed by atoms with E-state index in [0.29, 0.717) is 17.7 Å². The van der Waals surface area contributed by atoms with Crippen LogP contribution in [0.3, 0.4) is 0 Å². The topological polar surface area (TPSA) is 65.6 Å². The fraction of sp³-hybridized carbons (Fsp3) is 0.357. The molecule has 0 aliphatic heterocycles. The predicted molar refractivity (Wildman–Crippen MR) is 75.7 cm³/mol. The van der Waals surface area contributed by atoms with E-state index in [2.05, 4.69) is 4.98 Å². The third kappa shape index (κ3) is 3.13. The van der Waals surface area contributed by atoms with Gasteiger partial charge in [0, 0.05) is 26.1 Å². The van der Waals surface area contributed by atoms with E-state index in [0.717, 1.165) is 5.39 Å². The van der Waals surface area contributed by atoms with Gasteiger partial charge in [0.25, 0.3) is 5.56 Å². The zero-order chi connectivity index (χ0) is 13.8. The van der Waals surface area contributed by atoms with Crippen LogP contribution in [0.1, 0.15) is 0 Å². The van der Waals surface area contributed by atoms with Gasteiger partial charge in [0.1, 0.15) is 5.82 Å². The van der Waals surface area contributed by atoms with Crippen LogP contribution >= 0.6 is 0 Å². The number of fused-ring (bicyclic) bond motifs is 1. The van der Waals surface area contributed by atoms with Gasteiger partial charge in [-0.2, -0.15) is 0 Å². The van der Waals surface area contributed by atoms with E-state index < -0.39 is 6.10 Å². The Hall–Kier alpha value is -1.85. The van der Waals surface area contributed by atoms with Gasteiger partial charge in [0.2, 0.25) is 0 Å². The van der Waals surface area contributed by atoms with Gasteiger partial charge >= 0.3 is 0 Å². The molecular weight excluding hydrogens is 244 g/mol. The Kier molecular flexibility index (Phi) is 4.19. The van der Waals surface area contributed by atoms with E-state index in [1.807, 2.05) is 31.3 Å². The third-order valence-electron chi connectivity index (χ3n) is 2.99. The number of ether oxygens (including phenoxy) is 1. The summed E-state index contributed by atoms with van der Waals surface area (Å²) in [5, 5.41) is 11.3. The first-order chi connectivity index (χ1) is 9.11. The van der Waals surface area contributed by atoms with Crippen LogP contribution in [0.15, 0.2) is 35.1 Å². The molecule has 1 atom stereocenters. The Balaban J connectivity index is 2.27. The highest BCUT2D eigenvalue weighted by Crippen LogP contribution is 2.15. The molecule has 0 spiro atoms. The molecule has 1 aromatic carbocycles. The number of aliphatic hydroxyl groups excluding tert-OH is 1. The molecule has 5 heteroatoms. The molecule has 1 unspecified atom stereocenters. The third-order valence-corrected chi connectivity index (χ3v) is 2.99. The number of aromatic nitrogens is 1.